The van der Waals surface area contributed by atoms with E-state index in [1.54, 1.807) is 19.5 Å². The summed E-state index contributed by atoms with van der Waals surface area (Å²) in [6.07, 6.45) is 7.82. The van der Waals surface area contributed by atoms with Crippen LogP contribution in [0.25, 0.3) is 11.8 Å². The maximum absolute atomic E-state index is 13.9. The number of hydrogen-bond acceptors (Lipinski definition) is 4. The van der Waals surface area contributed by atoms with E-state index < -0.39 is 23.5 Å². The van der Waals surface area contributed by atoms with Crippen LogP contribution in [0.5, 0.6) is 5.75 Å². The highest BCUT2D eigenvalue weighted by Crippen LogP contribution is 2.38. The van der Waals surface area contributed by atoms with Gasteiger partial charge in [0, 0.05) is 11.8 Å². The lowest BCUT2D eigenvalue weighted by Crippen LogP contribution is -2.42. The summed E-state index contributed by atoms with van der Waals surface area (Å²) in [4.78, 5) is 19.2. The number of methoxy groups -OCH3 is 1. The van der Waals surface area contributed by atoms with Gasteiger partial charge >= 0.3 is 0 Å². The van der Waals surface area contributed by atoms with Gasteiger partial charge in [-0.25, -0.2) is 18.2 Å². The number of amides is 1. The maximum atomic E-state index is 13.9. The first-order valence-electron chi connectivity index (χ1n) is 11.0. The van der Waals surface area contributed by atoms with Crippen LogP contribution in [-0.4, -0.2) is 34.1 Å². The van der Waals surface area contributed by atoms with Crippen molar-refractivity contribution >= 4 is 12.0 Å². The van der Waals surface area contributed by atoms with Crippen LogP contribution in [0.3, 0.4) is 0 Å². The third kappa shape index (κ3) is 4.18. The Morgan fingerprint density at radius 2 is 1.91 bits per heavy atom. The number of rotatable bonds is 4. The second kappa shape index (κ2) is 8.98. The summed E-state index contributed by atoms with van der Waals surface area (Å²) < 4.78 is 54.2. The van der Waals surface area contributed by atoms with Crippen molar-refractivity contribution in [2.24, 2.45) is 0 Å². The molecule has 2 aliphatic heterocycles. The number of piperidine rings is 1. The predicted molar refractivity (Wildman–Crippen MR) is 122 cm³/mol. The number of carbonyl (C=O) groups excluding carboxylic acids is 1. The molecule has 3 heterocycles. The van der Waals surface area contributed by atoms with E-state index in [4.69, 9.17) is 9.47 Å². The van der Waals surface area contributed by atoms with E-state index in [0.717, 1.165) is 29.1 Å². The molecular formula is C26H22F3N3O3. The lowest BCUT2D eigenvalue weighted by Gasteiger charge is -2.40. The first-order valence-corrected chi connectivity index (χ1v) is 11.0. The largest absolute Gasteiger partial charge is 0.497 e. The quantitative estimate of drug-likeness (QED) is 0.379. The molecule has 180 valence electrons. The van der Waals surface area contributed by atoms with Gasteiger partial charge < -0.3 is 14.0 Å². The average molecular weight is 481 g/mol. The topological polar surface area (TPSA) is 56.6 Å². The van der Waals surface area contributed by atoms with Crippen molar-refractivity contribution in [1.29, 1.82) is 0 Å². The molecule has 2 aliphatic rings. The van der Waals surface area contributed by atoms with E-state index >= 15 is 0 Å². The Morgan fingerprint density at radius 1 is 1.14 bits per heavy atom. The highest BCUT2D eigenvalue weighted by atomic mass is 19.2. The van der Waals surface area contributed by atoms with Gasteiger partial charge in [-0.05, 0) is 61.2 Å². The van der Waals surface area contributed by atoms with Crippen LogP contribution in [0.2, 0.25) is 0 Å². The Balaban J connectivity index is 1.47. The normalized spacial score (nSPS) is 18.8. The summed E-state index contributed by atoms with van der Waals surface area (Å²) in [6, 6.07) is 6.62. The first-order chi connectivity index (χ1) is 16.9. The molecule has 5 rings (SSSR count). The number of ether oxygens (including phenoxy) is 2. The Labute approximate surface area is 199 Å². The number of halogens is 3. The molecule has 0 unspecified atom stereocenters. The summed E-state index contributed by atoms with van der Waals surface area (Å²) in [6.45, 7) is 1.90. The Morgan fingerprint density at radius 3 is 2.60 bits per heavy atom. The van der Waals surface area contributed by atoms with E-state index in [1.165, 1.54) is 11.2 Å². The van der Waals surface area contributed by atoms with Crippen molar-refractivity contribution in [3.05, 3.63) is 94.7 Å². The number of aromatic nitrogens is 2. The number of fused-ring (bicyclic) bond motifs is 1. The summed E-state index contributed by atoms with van der Waals surface area (Å²) in [5.74, 6) is -3.85. The Bertz CT molecular complexity index is 1360. The number of aryl methyl sites for hydroxylation is 1. The minimum atomic E-state index is -1.55. The van der Waals surface area contributed by atoms with Gasteiger partial charge in [-0.2, -0.15) is 0 Å². The molecule has 1 saturated heterocycles. The molecule has 0 radical (unpaired) electrons. The van der Waals surface area contributed by atoms with Gasteiger partial charge in [-0.3, -0.25) is 9.69 Å². The molecule has 35 heavy (non-hydrogen) atoms. The summed E-state index contributed by atoms with van der Waals surface area (Å²) >= 11 is 0. The fourth-order valence-corrected chi connectivity index (χ4v) is 4.44. The van der Waals surface area contributed by atoms with Crippen molar-refractivity contribution in [2.45, 2.75) is 25.8 Å². The molecule has 0 aliphatic carbocycles. The standard InChI is InChI=1S/C26H22F3N3O3/c1-15-11-31(14-30-15)22-6-3-16(8-24(22)34-2)7-17-4-5-19-12-35-13-23(32(19)26(17)33)18-9-20(27)25(29)21(28)10-18/h3,6-12,14,23H,4-5,13H2,1-2H3/b17-7+/t23-/m1/s1. The van der Waals surface area contributed by atoms with Crippen LogP contribution in [0.15, 0.2) is 60.4 Å². The molecule has 1 atom stereocenters. The van der Waals surface area contributed by atoms with Crippen molar-refractivity contribution in [2.75, 3.05) is 13.7 Å². The van der Waals surface area contributed by atoms with Gasteiger partial charge in [0.05, 0.1) is 36.6 Å². The molecule has 0 saturated carbocycles. The number of nitrogens with zero attached hydrogens (tertiary/aromatic N) is 3. The van der Waals surface area contributed by atoms with E-state index in [0.29, 0.717) is 29.9 Å². The zero-order valence-corrected chi connectivity index (χ0v) is 19.1. The SMILES string of the molecule is COc1cc(/C=C2\CCC3=COC[C@H](c4cc(F)c(F)c(F)c4)N3C2=O)ccc1-n1cnc(C)c1. The van der Waals surface area contributed by atoms with Crippen LogP contribution in [0.1, 0.15) is 35.7 Å². The van der Waals surface area contributed by atoms with Crippen molar-refractivity contribution in [1.82, 2.24) is 14.5 Å². The molecule has 2 aromatic carbocycles. The monoisotopic (exact) mass is 481 g/mol. The van der Waals surface area contributed by atoms with Gasteiger partial charge in [0.1, 0.15) is 18.6 Å². The van der Waals surface area contributed by atoms with Crippen LogP contribution in [0, 0.1) is 24.4 Å². The molecule has 0 N–H and O–H groups in total. The van der Waals surface area contributed by atoms with Crippen LogP contribution < -0.4 is 4.74 Å². The smallest absolute Gasteiger partial charge is 0.254 e. The second-order valence-corrected chi connectivity index (χ2v) is 8.46. The van der Waals surface area contributed by atoms with E-state index in [1.807, 2.05) is 35.9 Å². The molecule has 9 heteroatoms. The van der Waals surface area contributed by atoms with E-state index in [-0.39, 0.29) is 18.1 Å². The Hall–Kier alpha value is -4.01. The van der Waals surface area contributed by atoms with Gasteiger partial charge in [-0.1, -0.05) is 6.07 Å². The Kier molecular flexibility index (Phi) is 5.84. The fraction of sp³-hybridized carbons (Fsp3) is 0.231. The molecule has 0 spiro atoms. The maximum Gasteiger partial charge on any atom is 0.254 e. The van der Waals surface area contributed by atoms with Crippen LogP contribution in [-0.2, 0) is 9.53 Å². The third-order valence-corrected chi connectivity index (χ3v) is 6.16. The number of imidazole rings is 1. The highest BCUT2D eigenvalue weighted by molar-refractivity contribution is 6.00. The van der Waals surface area contributed by atoms with Gasteiger partial charge in [0.25, 0.3) is 5.91 Å². The summed E-state index contributed by atoms with van der Waals surface area (Å²) in [5.41, 5.74) is 3.72. The fourth-order valence-electron chi connectivity index (χ4n) is 4.44. The molecule has 6 nitrogen and oxygen atoms in total. The third-order valence-electron chi connectivity index (χ3n) is 6.16. The van der Waals surface area contributed by atoms with Gasteiger partial charge in [0.2, 0.25) is 0 Å². The zero-order chi connectivity index (χ0) is 24.7. The van der Waals surface area contributed by atoms with Gasteiger partial charge in [0.15, 0.2) is 17.5 Å². The summed E-state index contributed by atoms with van der Waals surface area (Å²) in [7, 11) is 1.57. The number of allylic oxidation sites excluding steroid dienone is 1. The van der Waals surface area contributed by atoms with Crippen molar-refractivity contribution < 1.29 is 27.4 Å². The lowest BCUT2D eigenvalue weighted by atomic mass is 9.94. The molecule has 1 aromatic heterocycles. The van der Waals surface area contributed by atoms with Crippen LogP contribution in [0.4, 0.5) is 13.2 Å². The van der Waals surface area contributed by atoms with Gasteiger partial charge in [-0.15, -0.1) is 0 Å². The highest BCUT2D eigenvalue weighted by Gasteiger charge is 2.37. The minimum absolute atomic E-state index is 0.000124. The molecule has 0 bridgehead atoms. The van der Waals surface area contributed by atoms with Crippen LogP contribution >= 0.6 is 0 Å². The molecule has 1 fully saturated rings. The predicted octanol–water partition coefficient (Wildman–Crippen LogP) is 5.23. The lowest BCUT2D eigenvalue weighted by molar-refractivity contribution is -0.130. The second-order valence-electron chi connectivity index (χ2n) is 8.46. The molecule has 3 aromatic rings. The summed E-state index contributed by atoms with van der Waals surface area (Å²) in [5, 5.41) is 0. The number of hydrogen-bond donors (Lipinski definition) is 0. The van der Waals surface area contributed by atoms with Crippen molar-refractivity contribution in [3.8, 4) is 11.4 Å². The number of benzene rings is 2. The van der Waals surface area contributed by atoms with Crippen molar-refractivity contribution in [3.63, 3.8) is 0 Å². The van der Waals surface area contributed by atoms with E-state index in [2.05, 4.69) is 4.98 Å². The first kappa shape index (κ1) is 22.8. The zero-order valence-electron chi connectivity index (χ0n) is 19.1. The van der Waals surface area contributed by atoms with E-state index in [9.17, 15) is 18.0 Å². The molecule has 1 amide bonds. The minimum Gasteiger partial charge on any atom is -0.497 e. The molecular weight excluding hydrogens is 459 g/mol. The average Bonchev–Trinajstić information content (AvgIpc) is 3.29. The number of carbonyl (C=O) groups is 1.